The molecule has 6 heteroatoms. The van der Waals surface area contributed by atoms with Crippen molar-refractivity contribution in [3.63, 3.8) is 0 Å². The average molecular weight is 391 g/mol. The van der Waals surface area contributed by atoms with Gasteiger partial charge < -0.3 is 4.98 Å². The minimum Gasteiger partial charge on any atom is -0.309 e. The molecule has 0 amide bonds. The number of aromatic nitrogens is 3. The van der Waals surface area contributed by atoms with E-state index in [0.29, 0.717) is 11.3 Å². The van der Waals surface area contributed by atoms with Gasteiger partial charge in [0.25, 0.3) is 5.56 Å². The Balaban J connectivity index is 1.33. The smallest absolute Gasteiger partial charge is 0.258 e. The van der Waals surface area contributed by atoms with Gasteiger partial charge >= 0.3 is 0 Å². The van der Waals surface area contributed by atoms with Crippen molar-refractivity contribution in [2.75, 3.05) is 13.1 Å². The van der Waals surface area contributed by atoms with E-state index in [1.807, 2.05) is 41.7 Å². The molecule has 0 bridgehead atoms. The minimum absolute atomic E-state index is 0.0585. The topological polar surface area (TPSA) is 61.9 Å². The van der Waals surface area contributed by atoms with Crippen molar-refractivity contribution < 1.29 is 0 Å². The quantitative estimate of drug-likeness (QED) is 0.560. The molecule has 0 unspecified atom stereocenters. The van der Waals surface area contributed by atoms with Gasteiger partial charge in [0, 0.05) is 5.92 Å². The lowest BCUT2D eigenvalue weighted by Crippen LogP contribution is -2.36. The summed E-state index contributed by atoms with van der Waals surface area (Å²) in [5.41, 5.74) is 1.81. The molecule has 5 rings (SSSR count). The third-order valence-electron chi connectivity index (χ3n) is 5.76. The highest BCUT2D eigenvalue weighted by molar-refractivity contribution is 7.18. The van der Waals surface area contributed by atoms with Crippen molar-refractivity contribution in [2.24, 2.45) is 0 Å². The van der Waals surface area contributed by atoms with Crippen molar-refractivity contribution in [1.29, 1.82) is 0 Å². The molecule has 0 aliphatic carbocycles. The van der Waals surface area contributed by atoms with E-state index < -0.39 is 0 Å². The zero-order valence-electron chi connectivity index (χ0n) is 15.8. The molecular formula is C22H22N4OS. The number of likely N-dealkylation sites (tertiary alicyclic amines) is 1. The number of rotatable bonds is 3. The number of nitrogens with zero attached hydrogens (tertiary/aromatic N) is 3. The van der Waals surface area contributed by atoms with Gasteiger partial charge in [-0.25, -0.2) is 9.97 Å². The SMILES string of the molecule is C[C@@H](c1nc2ccccc2c(=O)[nH]1)N1CCC(c2nc3ccccc3s2)CC1. The summed E-state index contributed by atoms with van der Waals surface area (Å²) in [6.45, 7) is 4.10. The first kappa shape index (κ1) is 17.5. The molecule has 28 heavy (non-hydrogen) atoms. The molecule has 1 aliphatic rings. The standard InChI is InChI=1S/C22H22N4OS/c1-14(20-23-17-7-3-2-6-16(17)21(27)25-20)26-12-10-15(11-13-26)22-24-18-8-4-5-9-19(18)28-22/h2-9,14-15H,10-13H2,1H3,(H,23,25,27)/t14-/m0/s1. The van der Waals surface area contributed by atoms with E-state index in [0.717, 1.165) is 42.8 Å². The summed E-state index contributed by atoms with van der Waals surface area (Å²) in [6.07, 6.45) is 2.17. The van der Waals surface area contributed by atoms with Crippen molar-refractivity contribution in [2.45, 2.75) is 31.7 Å². The Morgan fingerprint density at radius 3 is 2.54 bits per heavy atom. The summed E-state index contributed by atoms with van der Waals surface area (Å²) in [5.74, 6) is 1.27. The van der Waals surface area contributed by atoms with Crippen molar-refractivity contribution in [3.8, 4) is 0 Å². The van der Waals surface area contributed by atoms with Crippen LogP contribution in [0.15, 0.2) is 53.3 Å². The highest BCUT2D eigenvalue weighted by Gasteiger charge is 2.27. The lowest BCUT2D eigenvalue weighted by molar-refractivity contribution is 0.157. The Hall–Kier alpha value is -2.57. The zero-order chi connectivity index (χ0) is 19.1. The Bertz CT molecular complexity index is 1160. The van der Waals surface area contributed by atoms with Crippen LogP contribution in [0.25, 0.3) is 21.1 Å². The lowest BCUT2D eigenvalue weighted by atomic mass is 9.96. The van der Waals surface area contributed by atoms with Crippen molar-refractivity contribution in [1.82, 2.24) is 19.9 Å². The summed E-state index contributed by atoms with van der Waals surface area (Å²) in [7, 11) is 0. The van der Waals surface area contributed by atoms with Crippen LogP contribution in [0.1, 0.15) is 42.6 Å². The second-order valence-electron chi connectivity index (χ2n) is 7.47. The molecule has 1 saturated heterocycles. The highest BCUT2D eigenvalue weighted by atomic mass is 32.1. The molecule has 2 aromatic heterocycles. The summed E-state index contributed by atoms with van der Waals surface area (Å²) < 4.78 is 1.27. The van der Waals surface area contributed by atoms with Gasteiger partial charge in [-0.2, -0.15) is 0 Å². The molecule has 3 heterocycles. The van der Waals surface area contributed by atoms with Gasteiger partial charge in [0.1, 0.15) is 5.82 Å². The molecule has 1 atom stereocenters. The summed E-state index contributed by atoms with van der Waals surface area (Å²) >= 11 is 1.82. The number of thiazole rings is 1. The van der Waals surface area contributed by atoms with E-state index in [2.05, 4.69) is 35.0 Å². The number of H-pyrrole nitrogens is 1. The minimum atomic E-state index is -0.0585. The second kappa shape index (κ2) is 7.11. The Labute approximate surface area is 167 Å². The number of para-hydroxylation sites is 2. The normalized spacial score (nSPS) is 17.3. The maximum atomic E-state index is 12.4. The van der Waals surface area contributed by atoms with Gasteiger partial charge in [0.05, 0.1) is 32.2 Å². The van der Waals surface area contributed by atoms with E-state index >= 15 is 0 Å². The number of piperidine rings is 1. The third-order valence-corrected chi connectivity index (χ3v) is 6.96. The molecule has 5 nitrogen and oxygen atoms in total. The molecule has 0 radical (unpaired) electrons. The molecular weight excluding hydrogens is 368 g/mol. The highest BCUT2D eigenvalue weighted by Crippen LogP contribution is 2.35. The maximum absolute atomic E-state index is 12.4. The van der Waals surface area contributed by atoms with Crippen molar-refractivity contribution >= 4 is 32.5 Å². The molecule has 4 aromatic rings. The molecule has 0 spiro atoms. The summed E-state index contributed by atoms with van der Waals surface area (Å²) in [6, 6.07) is 16.0. The van der Waals surface area contributed by atoms with Crippen LogP contribution in [-0.4, -0.2) is 32.9 Å². The van der Waals surface area contributed by atoms with Gasteiger partial charge in [-0.3, -0.25) is 9.69 Å². The molecule has 1 N–H and O–H groups in total. The predicted molar refractivity (Wildman–Crippen MR) is 114 cm³/mol. The Morgan fingerprint density at radius 1 is 1.04 bits per heavy atom. The number of aromatic amines is 1. The van der Waals surface area contributed by atoms with E-state index in [1.165, 1.54) is 9.71 Å². The van der Waals surface area contributed by atoms with E-state index in [9.17, 15) is 4.79 Å². The van der Waals surface area contributed by atoms with Crippen LogP contribution in [-0.2, 0) is 0 Å². The molecule has 2 aromatic carbocycles. The molecule has 1 fully saturated rings. The van der Waals surface area contributed by atoms with E-state index in [-0.39, 0.29) is 11.6 Å². The fraction of sp³-hybridized carbons (Fsp3) is 0.318. The number of hydrogen-bond donors (Lipinski definition) is 1. The largest absolute Gasteiger partial charge is 0.309 e. The fourth-order valence-electron chi connectivity index (χ4n) is 4.07. The van der Waals surface area contributed by atoms with E-state index in [4.69, 9.17) is 9.97 Å². The van der Waals surface area contributed by atoms with Gasteiger partial charge in [-0.05, 0) is 57.1 Å². The number of benzene rings is 2. The van der Waals surface area contributed by atoms with Crippen LogP contribution < -0.4 is 5.56 Å². The first-order valence-corrected chi connectivity index (χ1v) is 10.6. The van der Waals surface area contributed by atoms with Crippen LogP contribution in [0, 0.1) is 0 Å². The summed E-state index contributed by atoms with van der Waals surface area (Å²) in [5, 5.41) is 1.90. The van der Waals surface area contributed by atoms with Gasteiger partial charge in [-0.15, -0.1) is 11.3 Å². The van der Waals surface area contributed by atoms with Crippen LogP contribution in [0.5, 0.6) is 0 Å². The molecule has 0 saturated carbocycles. The van der Waals surface area contributed by atoms with Gasteiger partial charge in [0.2, 0.25) is 0 Å². The second-order valence-corrected chi connectivity index (χ2v) is 8.54. The Morgan fingerprint density at radius 2 is 1.75 bits per heavy atom. The third kappa shape index (κ3) is 3.12. The van der Waals surface area contributed by atoms with Crippen LogP contribution in [0.3, 0.4) is 0 Å². The fourth-order valence-corrected chi connectivity index (χ4v) is 5.21. The first-order valence-electron chi connectivity index (χ1n) is 9.77. The van der Waals surface area contributed by atoms with Crippen LogP contribution >= 0.6 is 11.3 Å². The number of nitrogens with one attached hydrogen (secondary N) is 1. The average Bonchev–Trinajstić information content (AvgIpc) is 3.18. The van der Waals surface area contributed by atoms with Gasteiger partial charge in [-0.1, -0.05) is 24.3 Å². The predicted octanol–water partition coefficient (Wildman–Crippen LogP) is 4.47. The zero-order valence-corrected chi connectivity index (χ0v) is 16.6. The van der Waals surface area contributed by atoms with E-state index in [1.54, 1.807) is 0 Å². The van der Waals surface area contributed by atoms with Gasteiger partial charge in [0.15, 0.2) is 0 Å². The lowest BCUT2D eigenvalue weighted by Gasteiger charge is -2.34. The number of fused-ring (bicyclic) bond motifs is 2. The monoisotopic (exact) mass is 390 g/mol. The van der Waals surface area contributed by atoms with Crippen molar-refractivity contribution in [3.05, 3.63) is 69.7 Å². The molecule has 142 valence electrons. The summed E-state index contributed by atoms with van der Waals surface area (Å²) in [4.78, 5) is 27.4. The Kier molecular flexibility index (Phi) is 4.45. The van der Waals surface area contributed by atoms with Crippen LogP contribution in [0.4, 0.5) is 0 Å². The number of hydrogen-bond acceptors (Lipinski definition) is 5. The molecule has 1 aliphatic heterocycles. The maximum Gasteiger partial charge on any atom is 0.258 e. The first-order chi connectivity index (χ1) is 13.7. The van der Waals surface area contributed by atoms with Crippen LogP contribution in [0.2, 0.25) is 0 Å².